The van der Waals surface area contributed by atoms with Crippen LogP contribution < -0.4 is 9.62 Å². The summed E-state index contributed by atoms with van der Waals surface area (Å²) in [5.41, 5.74) is 3.88. The Morgan fingerprint density at radius 1 is 0.830 bits per heavy atom. The molecule has 248 valence electrons. The second kappa shape index (κ2) is 14.9. The first-order valence-corrected chi connectivity index (χ1v) is 17.5. The second-order valence-corrected chi connectivity index (χ2v) is 15.5. The van der Waals surface area contributed by atoms with Gasteiger partial charge in [0.1, 0.15) is 12.6 Å². The highest BCUT2D eigenvalue weighted by Gasteiger charge is 2.36. The van der Waals surface area contributed by atoms with Gasteiger partial charge in [-0.1, -0.05) is 83.4 Å². The number of aryl methyl sites for hydroxylation is 3. The first kappa shape index (κ1) is 36.0. The van der Waals surface area contributed by atoms with Crippen LogP contribution in [0.3, 0.4) is 0 Å². The van der Waals surface area contributed by atoms with Gasteiger partial charge >= 0.3 is 0 Å². The minimum Gasteiger partial charge on any atom is -0.350 e. The Hall–Kier alpha value is -3.85. The van der Waals surface area contributed by atoms with E-state index in [-0.39, 0.29) is 23.8 Å². The number of anilines is 1. The van der Waals surface area contributed by atoms with Crippen molar-refractivity contribution in [2.75, 3.05) is 10.8 Å². The third kappa shape index (κ3) is 9.37. The van der Waals surface area contributed by atoms with E-state index in [1.54, 1.807) is 42.5 Å². The van der Waals surface area contributed by atoms with Crippen molar-refractivity contribution in [1.82, 2.24) is 10.2 Å². The molecule has 47 heavy (non-hydrogen) atoms. The first-order valence-electron chi connectivity index (χ1n) is 15.3. The molecular formula is C37H41Cl2N3O4S. The number of nitrogens with one attached hydrogen (secondary N) is 1. The summed E-state index contributed by atoms with van der Waals surface area (Å²) in [6.45, 7) is 10.7. The van der Waals surface area contributed by atoms with Gasteiger partial charge in [-0.25, -0.2) is 8.42 Å². The molecule has 1 atom stereocenters. The van der Waals surface area contributed by atoms with Crippen LogP contribution in [0.2, 0.25) is 10.0 Å². The summed E-state index contributed by atoms with van der Waals surface area (Å²) in [7, 11) is -4.21. The first-order chi connectivity index (χ1) is 22.0. The lowest BCUT2D eigenvalue weighted by molar-refractivity contribution is -0.140. The molecule has 10 heteroatoms. The predicted octanol–water partition coefficient (Wildman–Crippen LogP) is 7.67. The number of amides is 2. The molecule has 2 amide bonds. The minimum absolute atomic E-state index is 0.0488. The summed E-state index contributed by atoms with van der Waals surface area (Å²) in [5, 5.41) is 3.77. The SMILES string of the molecule is Cc1ccc(S(=O)(=O)N(CC(=O)N(Cc2ccc(Cl)cc2Cl)[C@@H](Cc2ccccc2)C(=O)NC(C)(C)C)c2ccc(C)c(C)c2)cc1. The van der Waals surface area contributed by atoms with Crippen molar-refractivity contribution in [1.29, 1.82) is 0 Å². The summed E-state index contributed by atoms with van der Waals surface area (Å²) >= 11 is 12.8. The van der Waals surface area contributed by atoms with Gasteiger partial charge in [0.25, 0.3) is 10.0 Å². The van der Waals surface area contributed by atoms with E-state index in [0.717, 1.165) is 26.6 Å². The number of hydrogen-bond donors (Lipinski definition) is 1. The predicted molar refractivity (Wildman–Crippen MR) is 190 cm³/mol. The Balaban J connectivity index is 1.86. The number of carbonyl (C=O) groups excluding carboxylic acids is 2. The van der Waals surface area contributed by atoms with E-state index in [2.05, 4.69) is 5.32 Å². The van der Waals surface area contributed by atoms with E-state index in [4.69, 9.17) is 23.2 Å². The minimum atomic E-state index is -4.21. The van der Waals surface area contributed by atoms with Gasteiger partial charge in [0.05, 0.1) is 10.6 Å². The Kier molecular flexibility index (Phi) is 11.4. The standard InChI is InChI=1S/C37H41Cl2N3O4S/c1-25-12-18-32(19-13-25)47(45,46)42(31-17-14-26(2)27(3)20-31)24-35(43)41(23-29-15-16-30(38)22-33(29)39)34(36(44)40-37(4,5)6)21-28-10-8-7-9-11-28/h7-20,22,34H,21,23-24H2,1-6H3,(H,40,44)/t34-/m0/s1. The fourth-order valence-corrected chi connectivity index (χ4v) is 6.96. The van der Waals surface area contributed by atoms with Crippen LogP contribution in [0.5, 0.6) is 0 Å². The van der Waals surface area contributed by atoms with Crippen LogP contribution in [0.15, 0.2) is 95.9 Å². The maximum Gasteiger partial charge on any atom is 0.264 e. The molecule has 0 unspecified atom stereocenters. The normalized spacial score (nSPS) is 12.3. The van der Waals surface area contributed by atoms with Crippen molar-refractivity contribution in [3.63, 3.8) is 0 Å². The topological polar surface area (TPSA) is 86.8 Å². The van der Waals surface area contributed by atoms with Gasteiger partial charge in [0.2, 0.25) is 11.8 Å². The number of hydrogen-bond acceptors (Lipinski definition) is 4. The summed E-state index contributed by atoms with van der Waals surface area (Å²) in [4.78, 5) is 30.2. The molecule has 4 aromatic rings. The van der Waals surface area contributed by atoms with Crippen molar-refractivity contribution >= 4 is 50.7 Å². The Morgan fingerprint density at radius 3 is 2.09 bits per heavy atom. The zero-order chi connectivity index (χ0) is 34.5. The van der Waals surface area contributed by atoms with Gasteiger partial charge in [0, 0.05) is 28.5 Å². The zero-order valence-corrected chi connectivity index (χ0v) is 29.9. The fourth-order valence-electron chi connectivity index (χ4n) is 5.09. The van der Waals surface area contributed by atoms with Crippen molar-refractivity contribution in [2.45, 2.75) is 71.0 Å². The Bertz CT molecular complexity index is 1840. The summed E-state index contributed by atoms with van der Waals surface area (Å²) < 4.78 is 29.7. The number of nitrogens with zero attached hydrogens (tertiary/aromatic N) is 2. The van der Waals surface area contributed by atoms with Gasteiger partial charge in [-0.3, -0.25) is 13.9 Å². The molecule has 0 aromatic heterocycles. The molecule has 0 heterocycles. The van der Waals surface area contributed by atoms with E-state index in [0.29, 0.717) is 21.3 Å². The van der Waals surface area contributed by atoms with Crippen molar-refractivity contribution in [2.24, 2.45) is 0 Å². The van der Waals surface area contributed by atoms with Gasteiger partial charge in [0.15, 0.2) is 0 Å². The highest BCUT2D eigenvalue weighted by atomic mass is 35.5. The summed E-state index contributed by atoms with van der Waals surface area (Å²) in [6.07, 6.45) is 0.189. The van der Waals surface area contributed by atoms with Crippen molar-refractivity contribution < 1.29 is 18.0 Å². The third-order valence-corrected chi connectivity index (χ3v) is 10.2. The molecule has 0 saturated carbocycles. The van der Waals surface area contributed by atoms with Gasteiger partial charge < -0.3 is 10.2 Å². The molecule has 0 fully saturated rings. The van der Waals surface area contributed by atoms with Crippen LogP contribution >= 0.6 is 23.2 Å². The lowest BCUT2D eigenvalue weighted by Crippen LogP contribution is -2.56. The molecule has 0 spiro atoms. The largest absolute Gasteiger partial charge is 0.350 e. The van der Waals surface area contributed by atoms with Crippen LogP contribution in [-0.4, -0.2) is 43.3 Å². The highest BCUT2D eigenvalue weighted by molar-refractivity contribution is 7.92. The van der Waals surface area contributed by atoms with Crippen LogP contribution in [0.25, 0.3) is 0 Å². The van der Waals surface area contributed by atoms with E-state index in [1.165, 1.54) is 17.0 Å². The lowest BCUT2D eigenvalue weighted by atomic mass is 10.0. The number of halogens is 2. The second-order valence-electron chi connectivity index (χ2n) is 12.8. The summed E-state index contributed by atoms with van der Waals surface area (Å²) in [5.74, 6) is -0.950. The molecule has 0 aliphatic carbocycles. The van der Waals surface area contributed by atoms with E-state index >= 15 is 0 Å². The monoisotopic (exact) mass is 693 g/mol. The molecular weight excluding hydrogens is 653 g/mol. The zero-order valence-electron chi connectivity index (χ0n) is 27.6. The average molecular weight is 695 g/mol. The molecule has 0 saturated heterocycles. The number of rotatable bonds is 11. The molecule has 7 nitrogen and oxygen atoms in total. The Morgan fingerprint density at radius 2 is 1.49 bits per heavy atom. The van der Waals surface area contributed by atoms with E-state index in [9.17, 15) is 18.0 Å². The van der Waals surface area contributed by atoms with Crippen LogP contribution in [-0.2, 0) is 32.6 Å². The van der Waals surface area contributed by atoms with Crippen LogP contribution in [0.1, 0.15) is 48.6 Å². The average Bonchev–Trinajstić information content (AvgIpc) is 2.99. The van der Waals surface area contributed by atoms with Gasteiger partial charge in [-0.05, 0) is 100 Å². The van der Waals surface area contributed by atoms with E-state index < -0.39 is 34.1 Å². The molecule has 0 radical (unpaired) electrons. The van der Waals surface area contributed by atoms with Gasteiger partial charge in [-0.2, -0.15) is 0 Å². The molecule has 1 N–H and O–H groups in total. The Labute approximate surface area is 288 Å². The molecule has 4 aromatic carbocycles. The molecule has 0 aliphatic rings. The maximum atomic E-state index is 14.7. The number of sulfonamides is 1. The fraction of sp³-hybridized carbons (Fsp3) is 0.297. The van der Waals surface area contributed by atoms with Crippen molar-refractivity contribution in [3.8, 4) is 0 Å². The molecule has 0 bridgehead atoms. The summed E-state index contributed by atoms with van der Waals surface area (Å²) in [6, 6.07) is 25.1. The molecule has 0 aliphatic heterocycles. The van der Waals surface area contributed by atoms with Crippen molar-refractivity contribution in [3.05, 3.63) is 129 Å². The lowest BCUT2D eigenvalue weighted by Gasteiger charge is -2.35. The van der Waals surface area contributed by atoms with E-state index in [1.807, 2.05) is 77.9 Å². The smallest absolute Gasteiger partial charge is 0.264 e. The third-order valence-electron chi connectivity index (χ3n) is 7.79. The number of benzene rings is 4. The van der Waals surface area contributed by atoms with Crippen LogP contribution in [0, 0.1) is 20.8 Å². The quantitative estimate of drug-likeness (QED) is 0.175. The molecule has 4 rings (SSSR count). The highest BCUT2D eigenvalue weighted by Crippen LogP contribution is 2.28. The number of carbonyl (C=O) groups is 2. The van der Waals surface area contributed by atoms with Gasteiger partial charge in [-0.15, -0.1) is 0 Å². The maximum absolute atomic E-state index is 14.7. The van der Waals surface area contributed by atoms with Crippen LogP contribution in [0.4, 0.5) is 5.69 Å².